The Hall–Kier alpha value is -2.28. The number of methoxy groups -OCH3 is 1. The van der Waals surface area contributed by atoms with Crippen LogP contribution in [-0.2, 0) is 9.53 Å². The fraction of sp³-hybridized carbons (Fsp3) is 0.467. The van der Waals surface area contributed by atoms with Gasteiger partial charge in [0.05, 0.1) is 13.4 Å². The number of nitrogens with zero attached hydrogens (tertiary/aromatic N) is 2. The molecule has 1 aromatic rings. The number of hydrogen-bond donors (Lipinski definition) is 1. The molecule has 1 N–H and O–H groups in total. The van der Waals surface area contributed by atoms with Gasteiger partial charge in [0.1, 0.15) is 5.76 Å². The van der Waals surface area contributed by atoms with Crippen LogP contribution in [-0.4, -0.2) is 68.2 Å². The second-order valence-corrected chi connectivity index (χ2v) is 4.94. The van der Waals surface area contributed by atoms with Gasteiger partial charge in [-0.05, 0) is 18.2 Å². The van der Waals surface area contributed by atoms with Crippen molar-refractivity contribution in [1.82, 2.24) is 15.1 Å². The lowest BCUT2D eigenvalue weighted by Gasteiger charge is -2.33. The molecule has 0 spiro atoms. The van der Waals surface area contributed by atoms with Gasteiger partial charge >= 0.3 is 6.09 Å². The van der Waals surface area contributed by atoms with Gasteiger partial charge in [-0.2, -0.15) is 0 Å². The van der Waals surface area contributed by atoms with Crippen molar-refractivity contribution >= 4 is 18.1 Å². The Kier molecular flexibility index (Phi) is 6.02. The van der Waals surface area contributed by atoms with Crippen LogP contribution in [0.2, 0.25) is 0 Å². The highest BCUT2D eigenvalue weighted by Crippen LogP contribution is 2.03. The normalized spacial score (nSPS) is 16.0. The van der Waals surface area contributed by atoms with Crippen LogP contribution in [0.5, 0.6) is 0 Å². The predicted octanol–water partition coefficient (Wildman–Crippen LogP) is 0.793. The molecule has 0 radical (unpaired) electrons. The van der Waals surface area contributed by atoms with Crippen molar-refractivity contribution in [1.29, 1.82) is 0 Å². The Morgan fingerprint density at radius 1 is 1.36 bits per heavy atom. The van der Waals surface area contributed by atoms with Crippen molar-refractivity contribution in [3.05, 3.63) is 30.2 Å². The van der Waals surface area contributed by atoms with Crippen LogP contribution in [0.15, 0.2) is 28.9 Å². The number of furan rings is 1. The van der Waals surface area contributed by atoms with Crippen molar-refractivity contribution in [3.8, 4) is 0 Å². The summed E-state index contributed by atoms with van der Waals surface area (Å²) in [7, 11) is 1.39. The number of rotatable bonds is 5. The highest BCUT2D eigenvalue weighted by Gasteiger charge is 2.20. The van der Waals surface area contributed by atoms with E-state index in [2.05, 4.69) is 10.2 Å². The van der Waals surface area contributed by atoms with Gasteiger partial charge in [0, 0.05) is 45.3 Å². The summed E-state index contributed by atoms with van der Waals surface area (Å²) in [5, 5.41) is 2.82. The molecule has 2 heterocycles. The molecule has 7 heteroatoms. The van der Waals surface area contributed by atoms with E-state index in [-0.39, 0.29) is 12.0 Å². The molecule has 2 rings (SSSR count). The van der Waals surface area contributed by atoms with Crippen LogP contribution in [0.25, 0.3) is 6.08 Å². The first kappa shape index (κ1) is 16.1. The van der Waals surface area contributed by atoms with Gasteiger partial charge in [0.25, 0.3) is 0 Å². The van der Waals surface area contributed by atoms with Crippen molar-refractivity contribution in [2.24, 2.45) is 0 Å². The average molecular weight is 307 g/mol. The lowest BCUT2D eigenvalue weighted by Crippen LogP contribution is -2.50. The summed E-state index contributed by atoms with van der Waals surface area (Å²) < 4.78 is 9.80. The van der Waals surface area contributed by atoms with Gasteiger partial charge < -0.3 is 19.4 Å². The summed E-state index contributed by atoms with van der Waals surface area (Å²) in [4.78, 5) is 26.9. The molecule has 22 heavy (non-hydrogen) atoms. The second kappa shape index (κ2) is 8.23. The number of ether oxygens (including phenoxy) is 1. The quantitative estimate of drug-likeness (QED) is 0.814. The summed E-state index contributed by atoms with van der Waals surface area (Å²) in [5.74, 6) is 0.499. The SMILES string of the molecule is COC(=O)N1CCN(CCNC(=O)/C=C/c2ccco2)CC1. The molecule has 0 aromatic carbocycles. The molecule has 1 aromatic heterocycles. The van der Waals surface area contributed by atoms with E-state index in [0.29, 0.717) is 25.4 Å². The Balaban J connectivity index is 1.61. The van der Waals surface area contributed by atoms with Crippen LogP contribution >= 0.6 is 0 Å². The first-order valence-corrected chi connectivity index (χ1v) is 7.23. The number of piperazine rings is 1. The Morgan fingerprint density at radius 3 is 2.77 bits per heavy atom. The molecule has 1 aliphatic heterocycles. The molecular weight excluding hydrogens is 286 g/mol. The maximum absolute atomic E-state index is 11.6. The summed E-state index contributed by atoms with van der Waals surface area (Å²) >= 11 is 0. The number of carbonyl (C=O) groups excluding carboxylic acids is 2. The minimum Gasteiger partial charge on any atom is -0.465 e. The molecule has 1 saturated heterocycles. The number of nitrogens with one attached hydrogen (secondary N) is 1. The largest absolute Gasteiger partial charge is 0.465 e. The zero-order chi connectivity index (χ0) is 15.8. The number of amides is 2. The van der Waals surface area contributed by atoms with E-state index in [1.54, 1.807) is 29.4 Å². The van der Waals surface area contributed by atoms with Gasteiger partial charge in [-0.1, -0.05) is 0 Å². The lowest BCUT2D eigenvalue weighted by atomic mass is 10.3. The summed E-state index contributed by atoms with van der Waals surface area (Å²) in [6.07, 6.45) is 4.36. The third kappa shape index (κ3) is 4.92. The smallest absolute Gasteiger partial charge is 0.409 e. The van der Waals surface area contributed by atoms with Gasteiger partial charge in [-0.3, -0.25) is 9.69 Å². The molecular formula is C15H21N3O4. The van der Waals surface area contributed by atoms with E-state index in [4.69, 9.17) is 9.15 Å². The third-order valence-corrected chi connectivity index (χ3v) is 3.47. The molecule has 1 fully saturated rings. The highest BCUT2D eigenvalue weighted by atomic mass is 16.5. The zero-order valence-corrected chi connectivity index (χ0v) is 12.7. The van der Waals surface area contributed by atoms with Crippen molar-refractivity contribution in [2.75, 3.05) is 46.4 Å². The van der Waals surface area contributed by atoms with E-state index in [1.807, 2.05) is 0 Å². The minimum absolute atomic E-state index is 0.149. The fourth-order valence-corrected chi connectivity index (χ4v) is 2.22. The second-order valence-electron chi connectivity index (χ2n) is 4.94. The molecule has 1 aliphatic rings. The Labute approximate surface area is 129 Å². The van der Waals surface area contributed by atoms with E-state index < -0.39 is 0 Å². The van der Waals surface area contributed by atoms with E-state index in [0.717, 1.165) is 19.6 Å². The van der Waals surface area contributed by atoms with E-state index >= 15 is 0 Å². The summed E-state index contributed by atoms with van der Waals surface area (Å²) in [6.45, 7) is 4.20. The molecule has 0 bridgehead atoms. The van der Waals surface area contributed by atoms with Gasteiger partial charge in [-0.15, -0.1) is 0 Å². The minimum atomic E-state index is -0.281. The summed E-state index contributed by atoms with van der Waals surface area (Å²) in [5.41, 5.74) is 0. The van der Waals surface area contributed by atoms with Crippen LogP contribution in [0, 0.1) is 0 Å². The molecule has 0 unspecified atom stereocenters. The zero-order valence-electron chi connectivity index (χ0n) is 12.7. The first-order chi connectivity index (χ1) is 10.7. The van der Waals surface area contributed by atoms with Crippen LogP contribution in [0.3, 0.4) is 0 Å². The van der Waals surface area contributed by atoms with E-state index in [1.165, 1.54) is 13.2 Å². The lowest BCUT2D eigenvalue weighted by molar-refractivity contribution is -0.116. The fourth-order valence-electron chi connectivity index (χ4n) is 2.22. The predicted molar refractivity (Wildman–Crippen MR) is 81.2 cm³/mol. The number of hydrogen-bond acceptors (Lipinski definition) is 5. The standard InChI is InChI=1S/C15H21N3O4/c1-21-15(20)18-10-8-17(9-11-18)7-6-16-14(19)5-4-13-3-2-12-22-13/h2-5,12H,6-11H2,1H3,(H,16,19)/b5-4+. The molecule has 0 atom stereocenters. The average Bonchev–Trinajstić information content (AvgIpc) is 3.06. The Bertz CT molecular complexity index is 505. The van der Waals surface area contributed by atoms with E-state index in [9.17, 15) is 9.59 Å². The first-order valence-electron chi connectivity index (χ1n) is 7.23. The molecule has 0 aliphatic carbocycles. The van der Waals surface area contributed by atoms with Crippen LogP contribution in [0.4, 0.5) is 4.79 Å². The molecule has 0 saturated carbocycles. The maximum Gasteiger partial charge on any atom is 0.409 e. The van der Waals surface area contributed by atoms with Crippen LogP contribution in [0.1, 0.15) is 5.76 Å². The molecule has 7 nitrogen and oxygen atoms in total. The Morgan fingerprint density at radius 2 is 2.14 bits per heavy atom. The third-order valence-electron chi connectivity index (χ3n) is 3.47. The van der Waals surface area contributed by atoms with Crippen molar-refractivity contribution in [3.63, 3.8) is 0 Å². The monoisotopic (exact) mass is 307 g/mol. The van der Waals surface area contributed by atoms with Gasteiger partial charge in [0.2, 0.25) is 5.91 Å². The van der Waals surface area contributed by atoms with Crippen LogP contribution < -0.4 is 5.32 Å². The number of carbonyl (C=O) groups is 2. The summed E-state index contributed by atoms with van der Waals surface area (Å²) in [6, 6.07) is 3.55. The highest BCUT2D eigenvalue weighted by molar-refractivity contribution is 5.91. The topological polar surface area (TPSA) is 75.0 Å². The molecule has 120 valence electrons. The van der Waals surface area contributed by atoms with Crippen molar-refractivity contribution < 1.29 is 18.7 Å². The van der Waals surface area contributed by atoms with Crippen molar-refractivity contribution in [2.45, 2.75) is 0 Å². The van der Waals surface area contributed by atoms with Gasteiger partial charge in [0.15, 0.2) is 0 Å². The maximum atomic E-state index is 11.6. The van der Waals surface area contributed by atoms with Gasteiger partial charge in [-0.25, -0.2) is 4.79 Å². The molecule has 2 amide bonds.